The number of hydrogen-bond donors (Lipinski definition) is 2. The summed E-state index contributed by atoms with van der Waals surface area (Å²) >= 11 is 0. The molecule has 2 saturated heterocycles. The Kier molecular flexibility index (Phi) is 6.05. The molecule has 5 atom stereocenters. The number of likely N-dealkylation sites (tertiary alicyclic amines) is 1. The molecule has 3 heterocycles. The number of nitrogens with zero attached hydrogens (tertiary/aromatic N) is 4. The summed E-state index contributed by atoms with van der Waals surface area (Å²) in [6.07, 6.45) is 6.89. The van der Waals surface area contributed by atoms with E-state index in [1.54, 1.807) is 12.3 Å². The van der Waals surface area contributed by atoms with Gasteiger partial charge < -0.3 is 9.80 Å². The number of amides is 1. The Morgan fingerprint density at radius 2 is 2.06 bits per heavy atom. The Balaban J connectivity index is 1.49. The average Bonchev–Trinajstić information content (AvgIpc) is 3.45. The van der Waals surface area contributed by atoms with Crippen LogP contribution in [0.3, 0.4) is 0 Å². The molecule has 2 aliphatic heterocycles. The number of anilines is 1. The summed E-state index contributed by atoms with van der Waals surface area (Å²) in [5.41, 5.74) is 9.02. The first-order chi connectivity index (χ1) is 15.9. The minimum Gasteiger partial charge on any atom is -0.347 e. The van der Waals surface area contributed by atoms with Crippen molar-refractivity contribution in [3.63, 3.8) is 0 Å². The van der Waals surface area contributed by atoms with Crippen LogP contribution in [0.25, 0.3) is 11.1 Å². The SMILES string of the molecule is CC1CCC2NNC(C(=O)N3CCCC3c3nc(N(C)C)ncc3-c3cccc(F)c3)C2C1. The summed E-state index contributed by atoms with van der Waals surface area (Å²) in [6.45, 7) is 2.99. The Morgan fingerprint density at radius 1 is 1.21 bits per heavy atom. The van der Waals surface area contributed by atoms with E-state index in [2.05, 4.69) is 22.8 Å². The van der Waals surface area contributed by atoms with E-state index in [4.69, 9.17) is 4.98 Å². The third kappa shape index (κ3) is 4.22. The zero-order chi connectivity index (χ0) is 23.1. The molecule has 1 saturated carbocycles. The largest absolute Gasteiger partial charge is 0.347 e. The number of hydrazine groups is 1. The van der Waals surface area contributed by atoms with Gasteiger partial charge in [-0.05, 0) is 55.7 Å². The lowest BCUT2D eigenvalue weighted by Gasteiger charge is -2.34. The van der Waals surface area contributed by atoms with Crippen LogP contribution in [0.1, 0.15) is 50.8 Å². The molecule has 33 heavy (non-hydrogen) atoms. The van der Waals surface area contributed by atoms with Crippen LogP contribution in [0.4, 0.5) is 10.3 Å². The number of rotatable bonds is 4. The summed E-state index contributed by atoms with van der Waals surface area (Å²) in [7, 11) is 3.80. The molecular weight excluding hydrogens is 419 g/mol. The summed E-state index contributed by atoms with van der Waals surface area (Å²) in [5, 5.41) is 0. The molecule has 3 aliphatic rings. The van der Waals surface area contributed by atoms with Gasteiger partial charge in [0.25, 0.3) is 0 Å². The highest BCUT2D eigenvalue weighted by Gasteiger charge is 2.46. The fourth-order valence-corrected chi connectivity index (χ4v) is 5.75. The summed E-state index contributed by atoms with van der Waals surface area (Å²) in [4.78, 5) is 27.0. The number of carbonyl (C=O) groups excluding carboxylic acids is 1. The molecule has 3 fully saturated rings. The molecule has 1 amide bonds. The number of carbonyl (C=O) groups is 1. The first-order valence-electron chi connectivity index (χ1n) is 12.0. The van der Waals surface area contributed by atoms with Gasteiger partial charge in [0, 0.05) is 44.4 Å². The van der Waals surface area contributed by atoms with Gasteiger partial charge in [0.05, 0.1) is 11.7 Å². The topological polar surface area (TPSA) is 73.4 Å². The molecule has 0 bridgehead atoms. The van der Waals surface area contributed by atoms with Crippen LogP contribution in [0, 0.1) is 17.7 Å². The van der Waals surface area contributed by atoms with E-state index in [0.29, 0.717) is 30.4 Å². The molecule has 8 heteroatoms. The molecule has 176 valence electrons. The van der Waals surface area contributed by atoms with Gasteiger partial charge in [-0.15, -0.1) is 0 Å². The highest BCUT2D eigenvalue weighted by molar-refractivity contribution is 5.84. The lowest BCUT2D eigenvalue weighted by molar-refractivity contribution is -0.135. The predicted molar refractivity (Wildman–Crippen MR) is 126 cm³/mol. The summed E-state index contributed by atoms with van der Waals surface area (Å²) in [5.74, 6) is 1.39. The molecule has 0 spiro atoms. The molecule has 1 aliphatic carbocycles. The minimum absolute atomic E-state index is 0.141. The first-order valence-corrected chi connectivity index (χ1v) is 12.0. The molecule has 2 N–H and O–H groups in total. The van der Waals surface area contributed by atoms with E-state index in [9.17, 15) is 9.18 Å². The van der Waals surface area contributed by atoms with Gasteiger partial charge in [-0.3, -0.25) is 10.2 Å². The van der Waals surface area contributed by atoms with Crippen molar-refractivity contribution in [2.75, 3.05) is 25.5 Å². The van der Waals surface area contributed by atoms with Gasteiger partial charge in [0.15, 0.2) is 0 Å². The Labute approximate surface area is 194 Å². The molecule has 5 rings (SSSR count). The monoisotopic (exact) mass is 452 g/mol. The van der Waals surface area contributed by atoms with Crippen molar-refractivity contribution < 1.29 is 9.18 Å². The maximum Gasteiger partial charge on any atom is 0.241 e. The van der Waals surface area contributed by atoms with Crippen molar-refractivity contribution in [2.24, 2.45) is 11.8 Å². The maximum atomic E-state index is 14.0. The third-order valence-electron chi connectivity index (χ3n) is 7.47. The standard InChI is InChI=1S/C25H33FN6O/c1-15-9-10-20-18(12-15)23(30-29-20)24(33)32-11-5-8-21(32)22-19(14-27-25(28-22)31(2)3)16-6-4-7-17(26)13-16/h4,6-7,13-15,18,20-21,23,29-30H,5,8-12H2,1-3H3. The highest BCUT2D eigenvalue weighted by atomic mass is 19.1. The van der Waals surface area contributed by atoms with Crippen LogP contribution in [0.15, 0.2) is 30.5 Å². The first kappa shape index (κ1) is 22.2. The van der Waals surface area contributed by atoms with Crippen LogP contribution in [0.2, 0.25) is 0 Å². The van der Waals surface area contributed by atoms with Crippen molar-refractivity contribution in [1.82, 2.24) is 25.7 Å². The number of fused-ring (bicyclic) bond motifs is 1. The summed E-state index contributed by atoms with van der Waals surface area (Å²) < 4.78 is 14.0. The van der Waals surface area contributed by atoms with Crippen molar-refractivity contribution in [3.05, 3.63) is 42.0 Å². The Bertz CT molecular complexity index is 1030. The van der Waals surface area contributed by atoms with Crippen LogP contribution in [-0.2, 0) is 4.79 Å². The van der Waals surface area contributed by atoms with Gasteiger partial charge in [-0.25, -0.2) is 19.8 Å². The average molecular weight is 453 g/mol. The second kappa shape index (κ2) is 8.99. The van der Waals surface area contributed by atoms with E-state index < -0.39 is 0 Å². The van der Waals surface area contributed by atoms with Crippen molar-refractivity contribution >= 4 is 11.9 Å². The van der Waals surface area contributed by atoms with E-state index in [-0.39, 0.29) is 23.8 Å². The second-order valence-corrected chi connectivity index (χ2v) is 10.0. The normalized spacial score (nSPS) is 29.2. The van der Waals surface area contributed by atoms with Gasteiger partial charge >= 0.3 is 0 Å². The van der Waals surface area contributed by atoms with Crippen LogP contribution in [-0.4, -0.2) is 53.5 Å². The fourth-order valence-electron chi connectivity index (χ4n) is 5.75. The predicted octanol–water partition coefficient (Wildman–Crippen LogP) is 3.29. The van der Waals surface area contributed by atoms with Gasteiger partial charge in [-0.1, -0.05) is 19.1 Å². The van der Waals surface area contributed by atoms with Crippen LogP contribution < -0.4 is 15.8 Å². The van der Waals surface area contributed by atoms with Crippen LogP contribution >= 0.6 is 0 Å². The Hall–Kier alpha value is -2.58. The lowest BCUT2D eigenvalue weighted by atomic mass is 9.76. The number of halogens is 1. The molecule has 5 unspecified atom stereocenters. The molecule has 1 aromatic heterocycles. The van der Waals surface area contributed by atoms with E-state index in [1.165, 1.54) is 18.6 Å². The smallest absolute Gasteiger partial charge is 0.241 e. The molecule has 2 aromatic rings. The minimum atomic E-state index is -0.298. The Morgan fingerprint density at radius 3 is 2.85 bits per heavy atom. The molecule has 0 radical (unpaired) electrons. The number of aromatic nitrogens is 2. The molecular formula is C25H33FN6O. The van der Waals surface area contributed by atoms with Gasteiger partial charge in [0.2, 0.25) is 11.9 Å². The highest BCUT2D eigenvalue weighted by Crippen LogP contribution is 2.40. The second-order valence-electron chi connectivity index (χ2n) is 10.0. The number of benzene rings is 1. The van der Waals surface area contributed by atoms with E-state index in [0.717, 1.165) is 42.5 Å². The summed E-state index contributed by atoms with van der Waals surface area (Å²) in [6, 6.07) is 6.51. The van der Waals surface area contributed by atoms with Crippen molar-refractivity contribution in [1.29, 1.82) is 0 Å². The van der Waals surface area contributed by atoms with E-state index >= 15 is 0 Å². The zero-order valence-electron chi connectivity index (χ0n) is 19.6. The quantitative estimate of drug-likeness (QED) is 0.742. The third-order valence-corrected chi connectivity index (χ3v) is 7.47. The number of nitrogens with one attached hydrogen (secondary N) is 2. The molecule has 1 aromatic carbocycles. The lowest BCUT2D eigenvalue weighted by Crippen LogP contribution is -2.48. The van der Waals surface area contributed by atoms with Gasteiger partial charge in [-0.2, -0.15) is 0 Å². The van der Waals surface area contributed by atoms with Crippen molar-refractivity contribution in [3.8, 4) is 11.1 Å². The number of hydrogen-bond acceptors (Lipinski definition) is 6. The van der Waals surface area contributed by atoms with E-state index in [1.807, 2.05) is 30.0 Å². The van der Waals surface area contributed by atoms with Gasteiger partial charge in [0.1, 0.15) is 11.9 Å². The fraction of sp³-hybridized carbons (Fsp3) is 0.560. The van der Waals surface area contributed by atoms with Crippen LogP contribution in [0.5, 0.6) is 0 Å². The van der Waals surface area contributed by atoms with Crippen molar-refractivity contribution in [2.45, 2.75) is 57.2 Å². The zero-order valence-corrected chi connectivity index (χ0v) is 19.6. The molecule has 7 nitrogen and oxygen atoms in total. The maximum absolute atomic E-state index is 14.0.